The van der Waals surface area contributed by atoms with E-state index in [1.165, 1.54) is 11.0 Å². The predicted molar refractivity (Wildman–Crippen MR) is 130 cm³/mol. The maximum absolute atomic E-state index is 14.7. The third-order valence-electron chi connectivity index (χ3n) is 6.02. The molecule has 1 fully saturated rings. The van der Waals surface area contributed by atoms with E-state index >= 15 is 0 Å². The molecule has 1 saturated heterocycles. The number of carbonyl (C=O) groups is 3. The van der Waals surface area contributed by atoms with Crippen molar-refractivity contribution in [3.8, 4) is 0 Å². The molecular weight excluding hydrogens is 453 g/mol. The van der Waals surface area contributed by atoms with Crippen molar-refractivity contribution < 1.29 is 23.5 Å². The average Bonchev–Trinajstić information content (AvgIpc) is 3.02. The predicted octanol–water partition coefficient (Wildman–Crippen LogP) is 2.85. The van der Waals surface area contributed by atoms with Gasteiger partial charge in [0, 0.05) is 56.6 Å². The molecular formula is C25H36FN5O4. The maximum Gasteiger partial charge on any atom is 0.338 e. The summed E-state index contributed by atoms with van der Waals surface area (Å²) in [6.45, 7) is 10.3. The van der Waals surface area contributed by atoms with Crippen molar-refractivity contribution >= 4 is 18.0 Å². The van der Waals surface area contributed by atoms with E-state index < -0.39 is 23.9 Å². The van der Waals surface area contributed by atoms with Crippen molar-refractivity contribution in [3.05, 3.63) is 46.9 Å². The van der Waals surface area contributed by atoms with Gasteiger partial charge in [0.1, 0.15) is 5.82 Å². The number of esters is 1. The lowest BCUT2D eigenvalue weighted by Gasteiger charge is -2.36. The molecule has 2 aliphatic heterocycles. The zero-order chi connectivity index (χ0) is 25.8. The molecule has 1 unspecified atom stereocenters. The topological polar surface area (TPSA) is 94.2 Å². The van der Waals surface area contributed by atoms with Crippen LogP contribution in [0.4, 0.5) is 14.0 Å². The Morgan fingerprint density at radius 3 is 2.54 bits per heavy atom. The van der Waals surface area contributed by atoms with Crippen LogP contribution in [0.3, 0.4) is 0 Å². The van der Waals surface area contributed by atoms with Gasteiger partial charge >= 0.3 is 18.0 Å². The molecule has 1 aromatic rings. The average molecular weight is 490 g/mol. The molecule has 0 aromatic heterocycles. The molecule has 10 heteroatoms. The number of nitrogens with zero attached hydrogens (tertiary/aromatic N) is 3. The summed E-state index contributed by atoms with van der Waals surface area (Å²) < 4.78 is 20.0. The molecule has 0 radical (unpaired) electrons. The molecule has 3 rings (SSSR count). The summed E-state index contributed by atoms with van der Waals surface area (Å²) in [7, 11) is 1.59. The summed E-state index contributed by atoms with van der Waals surface area (Å²) in [5.41, 5.74) is 0.552. The molecule has 192 valence electrons. The molecule has 0 spiro atoms. The minimum atomic E-state index is -0.963. The van der Waals surface area contributed by atoms with Gasteiger partial charge in [-0.25, -0.2) is 18.8 Å². The minimum absolute atomic E-state index is 0.112. The highest BCUT2D eigenvalue weighted by Gasteiger charge is 2.38. The Kier molecular flexibility index (Phi) is 8.37. The second-order valence-corrected chi connectivity index (χ2v) is 9.84. The first-order valence-corrected chi connectivity index (χ1v) is 12.0. The standard InChI is InChI=1S/C25H36FN5O4/c1-6-35-22(32)20-19(29(5)23(33)27-21(20)17-10-7-8-11-18(17)26)16-30-12-9-13-31(15-14-30)24(34)28-25(2,3)4/h7-8,10-11,21H,6,9,12-16H2,1-5H3,(H,27,33)(H,28,34). The second kappa shape index (κ2) is 11.1. The Labute approximate surface area is 206 Å². The van der Waals surface area contributed by atoms with E-state index in [1.54, 1.807) is 37.1 Å². The van der Waals surface area contributed by atoms with Crippen LogP contribution >= 0.6 is 0 Å². The number of urea groups is 2. The maximum atomic E-state index is 14.7. The quantitative estimate of drug-likeness (QED) is 0.621. The van der Waals surface area contributed by atoms with E-state index in [-0.39, 0.29) is 35.9 Å². The Balaban J connectivity index is 1.89. The van der Waals surface area contributed by atoms with Crippen LogP contribution in [0.2, 0.25) is 0 Å². The van der Waals surface area contributed by atoms with Gasteiger partial charge in [-0.1, -0.05) is 18.2 Å². The van der Waals surface area contributed by atoms with Crippen molar-refractivity contribution in [2.24, 2.45) is 0 Å². The van der Waals surface area contributed by atoms with E-state index in [0.29, 0.717) is 31.9 Å². The number of amides is 4. The van der Waals surface area contributed by atoms with E-state index in [4.69, 9.17) is 4.74 Å². The van der Waals surface area contributed by atoms with Gasteiger partial charge in [-0.15, -0.1) is 0 Å². The van der Waals surface area contributed by atoms with Crippen LogP contribution in [0.5, 0.6) is 0 Å². The van der Waals surface area contributed by atoms with Gasteiger partial charge in [-0.05, 0) is 40.2 Å². The van der Waals surface area contributed by atoms with E-state index in [2.05, 4.69) is 15.5 Å². The molecule has 0 aliphatic carbocycles. The molecule has 0 saturated carbocycles. The summed E-state index contributed by atoms with van der Waals surface area (Å²) >= 11 is 0. The van der Waals surface area contributed by atoms with Gasteiger partial charge in [0.25, 0.3) is 0 Å². The lowest BCUT2D eigenvalue weighted by Crippen LogP contribution is -2.50. The lowest BCUT2D eigenvalue weighted by atomic mass is 9.94. The van der Waals surface area contributed by atoms with Crippen LogP contribution in [-0.4, -0.2) is 84.6 Å². The van der Waals surface area contributed by atoms with Gasteiger partial charge in [0.2, 0.25) is 0 Å². The molecule has 0 bridgehead atoms. The number of nitrogens with one attached hydrogen (secondary N) is 2. The Bertz CT molecular complexity index is 990. The first-order valence-electron chi connectivity index (χ1n) is 12.0. The molecule has 1 aromatic carbocycles. The van der Waals surface area contributed by atoms with E-state index in [0.717, 1.165) is 6.42 Å². The van der Waals surface area contributed by atoms with Crippen molar-refractivity contribution in [2.75, 3.05) is 46.4 Å². The number of ether oxygens (including phenoxy) is 1. The van der Waals surface area contributed by atoms with E-state index in [1.807, 2.05) is 20.8 Å². The van der Waals surface area contributed by atoms with Crippen molar-refractivity contribution in [1.82, 2.24) is 25.3 Å². The molecule has 2 N–H and O–H groups in total. The van der Waals surface area contributed by atoms with E-state index in [9.17, 15) is 18.8 Å². The van der Waals surface area contributed by atoms with Crippen LogP contribution in [0.1, 0.15) is 45.7 Å². The van der Waals surface area contributed by atoms with Gasteiger partial charge in [-0.3, -0.25) is 9.80 Å². The number of halogens is 1. The third kappa shape index (κ3) is 6.50. The Morgan fingerprint density at radius 2 is 1.89 bits per heavy atom. The summed E-state index contributed by atoms with van der Waals surface area (Å²) in [5, 5.41) is 5.74. The second-order valence-electron chi connectivity index (χ2n) is 9.84. The van der Waals surface area contributed by atoms with Crippen molar-refractivity contribution in [3.63, 3.8) is 0 Å². The summed E-state index contributed by atoms with van der Waals surface area (Å²) in [6, 6.07) is 4.58. The smallest absolute Gasteiger partial charge is 0.338 e. The molecule has 1 atom stereocenters. The highest BCUT2D eigenvalue weighted by atomic mass is 19.1. The number of hydrogen-bond acceptors (Lipinski definition) is 5. The first-order chi connectivity index (χ1) is 16.5. The first kappa shape index (κ1) is 26.5. The zero-order valence-corrected chi connectivity index (χ0v) is 21.2. The molecule has 9 nitrogen and oxygen atoms in total. The zero-order valence-electron chi connectivity index (χ0n) is 21.2. The highest BCUT2D eigenvalue weighted by molar-refractivity contribution is 5.95. The van der Waals surface area contributed by atoms with Crippen LogP contribution in [-0.2, 0) is 9.53 Å². The van der Waals surface area contributed by atoms with Gasteiger partial charge < -0.3 is 20.3 Å². The third-order valence-corrected chi connectivity index (χ3v) is 6.02. The molecule has 2 heterocycles. The minimum Gasteiger partial charge on any atom is -0.463 e. The fourth-order valence-electron chi connectivity index (χ4n) is 4.28. The number of hydrogen-bond donors (Lipinski definition) is 2. The van der Waals surface area contributed by atoms with Gasteiger partial charge in [0.05, 0.1) is 18.2 Å². The van der Waals surface area contributed by atoms with Crippen molar-refractivity contribution in [1.29, 1.82) is 0 Å². The Morgan fingerprint density at radius 1 is 1.17 bits per heavy atom. The SMILES string of the molecule is CCOC(=O)C1=C(CN2CCCN(C(=O)NC(C)(C)C)CC2)N(C)C(=O)NC1c1ccccc1F. The van der Waals surface area contributed by atoms with Gasteiger partial charge in [0.15, 0.2) is 0 Å². The molecule has 35 heavy (non-hydrogen) atoms. The normalized spacial score (nSPS) is 19.8. The largest absolute Gasteiger partial charge is 0.463 e. The van der Waals surface area contributed by atoms with Crippen LogP contribution in [0, 0.1) is 5.82 Å². The summed E-state index contributed by atoms with van der Waals surface area (Å²) in [4.78, 5) is 43.8. The summed E-state index contributed by atoms with van der Waals surface area (Å²) in [5.74, 6) is -1.11. The summed E-state index contributed by atoms with van der Waals surface area (Å²) in [6.07, 6.45) is 0.742. The Hall–Kier alpha value is -3.14. The van der Waals surface area contributed by atoms with Gasteiger partial charge in [-0.2, -0.15) is 0 Å². The fourth-order valence-corrected chi connectivity index (χ4v) is 4.28. The molecule has 2 aliphatic rings. The number of carbonyl (C=O) groups excluding carboxylic acids is 3. The number of likely N-dealkylation sites (N-methyl/N-ethyl adjacent to an activating group) is 1. The lowest BCUT2D eigenvalue weighted by molar-refractivity contribution is -0.139. The van der Waals surface area contributed by atoms with Crippen LogP contribution in [0.15, 0.2) is 35.5 Å². The highest BCUT2D eigenvalue weighted by Crippen LogP contribution is 2.32. The molecule has 4 amide bonds. The number of rotatable bonds is 5. The van der Waals surface area contributed by atoms with Crippen LogP contribution < -0.4 is 10.6 Å². The fraction of sp³-hybridized carbons (Fsp3) is 0.560. The van der Waals surface area contributed by atoms with Crippen LogP contribution in [0.25, 0.3) is 0 Å². The monoisotopic (exact) mass is 489 g/mol. The number of benzene rings is 1. The van der Waals surface area contributed by atoms with Crippen molar-refractivity contribution in [2.45, 2.75) is 45.7 Å².